The molecule has 0 aliphatic carbocycles. The number of hydrogen-bond donors (Lipinski definition) is 0. The molecule has 0 aliphatic heterocycles. The highest BCUT2D eigenvalue weighted by Gasteiger charge is 2.30. The highest BCUT2D eigenvalue weighted by Crippen LogP contribution is 2.43. The third-order valence-corrected chi connectivity index (χ3v) is 11.5. The minimum absolute atomic E-state index is 0.451. The predicted molar refractivity (Wildman–Crippen MR) is 240 cm³/mol. The molecular formula is C53H31F3N6. The first-order chi connectivity index (χ1) is 30.3. The number of fused-ring (bicyclic) bond motifs is 7. The number of aromatic nitrogens is 5. The van der Waals surface area contributed by atoms with E-state index < -0.39 is 11.7 Å². The van der Waals surface area contributed by atoms with Crippen LogP contribution in [0.3, 0.4) is 0 Å². The lowest BCUT2D eigenvalue weighted by atomic mass is 10.0. The van der Waals surface area contributed by atoms with E-state index in [1.807, 2.05) is 127 Å². The molecule has 0 atom stereocenters. The van der Waals surface area contributed by atoms with Gasteiger partial charge in [-0.25, -0.2) is 15.0 Å². The Hall–Kier alpha value is -8.35. The Labute approximate surface area is 353 Å². The van der Waals surface area contributed by atoms with E-state index in [4.69, 9.17) is 15.0 Å². The van der Waals surface area contributed by atoms with E-state index in [0.29, 0.717) is 39.9 Å². The summed E-state index contributed by atoms with van der Waals surface area (Å²) < 4.78 is 44.3. The highest BCUT2D eigenvalue weighted by molar-refractivity contribution is 6.26. The predicted octanol–water partition coefficient (Wildman–Crippen LogP) is 13.6. The van der Waals surface area contributed by atoms with Gasteiger partial charge < -0.3 is 9.13 Å². The minimum Gasteiger partial charge on any atom is -0.309 e. The zero-order valence-corrected chi connectivity index (χ0v) is 32.7. The van der Waals surface area contributed by atoms with Crippen molar-refractivity contribution in [1.29, 1.82) is 5.26 Å². The van der Waals surface area contributed by atoms with Crippen molar-refractivity contribution in [2.45, 2.75) is 6.18 Å². The quantitative estimate of drug-likeness (QED) is 0.168. The van der Waals surface area contributed by atoms with Crippen LogP contribution >= 0.6 is 0 Å². The molecule has 11 rings (SSSR count). The molecule has 0 saturated heterocycles. The van der Waals surface area contributed by atoms with Crippen molar-refractivity contribution >= 4 is 43.6 Å². The molecule has 294 valence electrons. The van der Waals surface area contributed by atoms with Gasteiger partial charge in [-0.2, -0.15) is 18.4 Å². The van der Waals surface area contributed by atoms with Gasteiger partial charge in [0.25, 0.3) is 0 Å². The standard InChI is InChI=1S/C53H31F3N6/c54-53(55,56)39-24-19-33(20-25-39)34-21-26-40(27-22-34)61-45-17-9-7-15-41(45)42-28-30-47-48(49(42)61)43-16-8-10-18-46(43)62(47)44-29-23-37(31-38(44)32-57)52-59-50(35-11-3-1-4-12-35)58-51(60-52)36-13-5-2-6-14-36/h1-31H. The fourth-order valence-electron chi connectivity index (χ4n) is 8.59. The van der Waals surface area contributed by atoms with Crippen LogP contribution in [-0.4, -0.2) is 24.1 Å². The van der Waals surface area contributed by atoms with Gasteiger partial charge in [-0.15, -0.1) is 0 Å². The summed E-state index contributed by atoms with van der Waals surface area (Å²) in [6, 6.07) is 61.8. The molecule has 0 amide bonds. The molecule has 11 aromatic rings. The van der Waals surface area contributed by atoms with E-state index in [1.54, 1.807) is 0 Å². The van der Waals surface area contributed by atoms with Gasteiger partial charge >= 0.3 is 6.18 Å². The van der Waals surface area contributed by atoms with Crippen LogP contribution in [0.25, 0.3) is 100 Å². The van der Waals surface area contributed by atoms with Gasteiger partial charge in [-0.05, 0) is 71.8 Å². The van der Waals surface area contributed by atoms with Crippen LogP contribution < -0.4 is 0 Å². The van der Waals surface area contributed by atoms with Crippen molar-refractivity contribution in [2.24, 2.45) is 0 Å². The van der Waals surface area contributed by atoms with Gasteiger partial charge in [0.2, 0.25) is 0 Å². The molecule has 62 heavy (non-hydrogen) atoms. The Morgan fingerprint density at radius 2 is 0.952 bits per heavy atom. The van der Waals surface area contributed by atoms with E-state index in [1.165, 1.54) is 12.1 Å². The van der Waals surface area contributed by atoms with Gasteiger partial charge in [0.05, 0.1) is 38.9 Å². The maximum Gasteiger partial charge on any atom is 0.416 e. The lowest BCUT2D eigenvalue weighted by Gasteiger charge is -2.13. The van der Waals surface area contributed by atoms with Crippen LogP contribution in [0, 0.1) is 11.3 Å². The molecule has 0 radical (unpaired) electrons. The molecule has 3 aromatic heterocycles. The van der Waals surface area contributed by atoms with Crippen molar-refractivity contribution < 1.29 is 13.2 Å². The van der Waals surface area contributed by atoms with E-state index in [0.717, 1.165) is 78.1 Å². The Bertz CT molecular complexity index is 3490. The lowest BCUT2D eigenvalue weighted by Crippen LogP contribution is -2.03. The zero-order chi connectivity index (χ0) is 42.0. The molecule has 8 aromatic carbocycles. The monoisotopic (exact) mass is 808 g/mol. The molecule has 0 spiro atoms. The number of alkyl halides is 3. The first kappa shape index (κ1) is 36.7. The first-order valence-electron chi connectivity index (χ1n) is 20.0. The van der Waals surface area contributed by atoms with Gasteiger partial charge in [0.1, 0.15) is 6.07 Å². The van der Waals surface area contributed by atoms with E-state index in [-0.39, 0.29) is 0 Å². The lowest BCUT2D eigenvalue weighted by molar-refractivity contribution is -0.137. The highest BCUT2D eigenvalue weighted by atomic mass is 19.4. The zero-order valence-electron chi connectivity index (χ0n) is 32.7. The van der Waals surface area contributed by atoms with Crippen molar-refractivity contribution in [3.05, 3.63) is 199 Å². The van der Waals surface area contributed by atoms with Gasteiger partial charge in [0, 0.05) is 43.9 Å². The second kappa shape index (κ2) is 14.4. The van der Waals surface area contributed by atoms with Crippen LogP contribution in [0.15, 0.2) is 188 Å². The summed E-state index contributed by atoms with van der Waals surface area (Å²) in [5, 5.41) is 15.0. The van der Waals surface area contributed by atoms with Crippen LogP contribution in [0.4, 0.5) is 13.2 Å². The van der Waals surface area contributed by atoms with Crippen molar-refractivity contribution in [3.63, 3.8) is 0 Å². The maximum absolute atomic E-state index is 13.3. The number of hydrogen-bond acceptors (Lipinski definition) is 4. The number of nitriles is 1. The number of para-hydroxylation sites is 2. The van der Waals surface area contributed by atoms with Crippen LogP contribution in [0.2, 0.25) is 0 Å². The summed E-state index contributed by atoms with van der Waals surface area (Å²) >= 11 is 0. The van der Waals surface area contributed by atoms with E-state index in [9.17, 15) is 18.4 Å². The number of nitrogens with zero attached hydrogens (tertiary/aromatic N) is 6. The molecule has 0 saturated carbocycles. The summed E-state index contributed by atoms with van der Waals surface area (Å²) in [5.41, 5.74) is 9.16. The average molecular weight is 809 g/mol. The molecule has 0 aliphatic rings. The Morgan fingerprint density at radius 3 is 1.55 bits per heavy atom. The first-order valence-corrected chi connectivity index (χ1v) is 20.0. The molecule has 0 N–H and O–H groups in total. The molecule has 0 bridgehead atoms. The second-order valence-electron chi connectivity index (χ2n) is 15.1. The number of benzene rings is 8. The van der Waals surface area contributed by atoms with Gasteiger partial charge in [-0.1, -0.05) is 127 Å². The minimum atomic E-state index is -4.40. The molecule has 6 nitrogen and oxygen atoms in total. The molecule has 0 unspecified atom stereocenters. The summed E-state index contributed by atoms with van der Waals surface area (Å²) in [5.74, 6) is 1.53. The molecular weight excluding hydrogens is 778 g/mol. The maximum atomic E-state index is 13.3. The summed E-state index contributed by atoms with van der Waals surface area (Å²) in [6.07, 6.45) is -4.40. The number of rotatable bonds is 6. The van der Waals surface area contributed by atoms with Crippen LogP contribution in [0.5, 0.6) is 0 Å². The average Bonchev–Trinajstić information content (AvgIpc) is 3.84. The van der Waals surface area contributed by atoms with E-state index in [2.05, 4.69) is 51.6 Å². The Balaban J connectivity index is 1.09. The van der Waals surface area contributed by atoms with Crippen molar-refractivity contribution in [3.8, 4) is 62.7 Å². The van der Waals surface area contributed by atoms with Gasteiger partial charge in [0.15, 0.2) is 17.5 Å². The summed E-state index contributed by atoms with van der Waals surface area (Å²) in [4.78, 5) is 14.7. The fourth-order valence-corrected chi connectivity index (χ4v) is 8.59. The summed E-state index contributed by atoms with van der Waals surface area (Å²) in [6.45, 7) is 0. The van der Waals surface area contributed by atoms with E-state index >= 15 is 0 Å². The topological polar surface area (TPSA) is 72.3 Å². The number of halogens is 3. The SMILES string of the molecule is N#Cc1cc(-c2nc(-c3ccccc3)nc(-c3ccccc3)n2)ccc1-n1c2ccccc2c2c1ccc1c3ccccc3n(-c3ccc(-c4ccc(C(F)(F)F)cc4)cc3)c12. The van der Waals surface area contributed by atoms with Gasteiger partial charge in [-0.3, -0.25) is 0 Å². The molecule has 0 fully saturated rings. The largest absolute Gasteiger partial charge is 0.416 e. The molecule has 9 heteroatoms. The normalized spacial score (nSPS) is 11.8. The second-order valence-corrected chi connectivity index (χ2v) is 15.1. The molecule has 3 heterocycles. The van der Waals surface area contributed by atoms with Crippen LogP contribution in [-0.2, 0) is 6.18 Å². The van der Waals surface area contributed by atoms with Crippen molar-refractivity contribution in [1.82, 2.24) is 24.1 Å². The fraction of sp³-hybridized carbons (Fsp3) is 0.0189. The summed E-state index contributed by atoms with van der Waals surface area (Å²) in [7, 11) is 0. The van der Waals surface area contributed by atoms with Crippen LogP contribution in [0.1, 0.15) is 11.1 Å². The smallest absolute Gasteiger partial charge is 0.309 e. The van der Waals surface area contributed by atoms with Crippen molar-refractivity contribution in [2.75, 3.05) is 0 Å². The third kappa shape index (κ3) is 6.08. The third-order valence-electron chi connectivity index (χ3n) is 11.5. The Morgan fingerprint density at radius 1 is 0.435 bits per heavy atom. The Kier molecular flexibility index (Phi) is 8.55.